The van der Waals surface area contributed by atoms with Gasteiger partial charge in [-0.25, -0.2) is 0 Å². The van der Waals surface area contributed by atoms with E-state index in [-0.39, 0.29) is 5.41 Å². The van der Waals surface area contributed by atoms with Crippen molar-refractivity contribution in [3.63, 3.8) is 0 Å². The summed E-state index contributed by atoms with van der Waals surface area (Å²) in [6.45, 7) is 2.34. The van der Waals surface area contributed by atoms with Gasteiger partial charge in [-0.15, -0.1) is 0 Å². The van der Waals surface area contributed by atoms with Crippen LogP contribution in [0.15, 0.2) is 60.7 Å². The molecular weight excluding hydrogens is 374 g/mol. The summed E-state index contributed by atoms with van der Waals surface area (Å²) in [6, 6.07) is 23.6. The Morgan fingerprint density at radius 1 is 0.742 bits per heavy atom. The van der Waals surface area contributed by atoms with Crippen molar-refractivity contribution in [3.05, 3.63) is 77.4 Å². The fourth-order valence-electron chi connectivity index (χ4n) is 9.01. The molecule has 1 spiro atoms. The molecule has 31 heavy (non-hydrogen) atoms. The fourth-order valence-corrected chi connectivity index (χ4v) is 9.01. The molecular formula is C30H29N. The van der Waals surface area contributed by atoms with Crippen molar-refractivity contribution < 1.29 is 0 Å². The first kappa shape index (κ1) is 17.1. The van der Waals surface area contributed by atoms with Crippen molar-refractivity contribution >= 4 is 21.8 Å². The van der Waals surface area contributed by atoms with Crippen LogP contribution in [0.3, 0.4) is 0 Å². The van der Waals surface area contributed by atoms with Crippen LogP contribution in [0.4, 0.5) is 0 Å². The van der Waals surface area contributed by atoms with Crippen molar-refractivity contribution in [1.82, 2.24) is 4.57 Å². The molecule has 4 bridgehead atoms. The summed E-state index contributed by atoms with van der Waals surface area (Å²) in [5.41, 5.74) is 9.47. The Kier molecular flexibility index (Phi) is 3.10. The number of hydrogen-bond acceptors (Lipinski definition) is 0. The Balaban J connectivity index is 1.60. The van der Waals surface area contributed by atoms with Crippen LogP contribution in [0.2, 0.25) is 0 Å². The van der Waals surface area contributed by atoms with Crippen LogP contribution in [-0.2, 0) is 11.8 Å². The monoisotopic (exact) mass is 403 g/mol. The first-order valence-electron chi connectivity index (χ1n) is 12.5. The molecule has 1 aromatic heterocycles. The molecule has 0 unspecified atom stereocenters. The molecule has 4 aromatic rings. The van der Waals surface area contributed by atoms with E-state index >= 15 is 0 Å². The van der Waals surface area contributed by atoms with Gasteiger partial charge < -0.3 is 4.57 Å². The summed E-state index contributed by atoms with van der Waals surface area (Å²) in [5, 5.41) is 2.87. The SMILES string of the molecule is CCc1cccc2c1-n1c3ccccc3c3cccc(c31)C21C2CC3CC(C2)CC1C3. The second kappa shape index (κ2) is 5.63. The topological polar surface area (TPSA) is 4.93 Å². The van der Waals surface area contributed by atoms with Crippen LogP contribution in [0.25, 0.3) is 27.5 Å². The van der Waals surface area contributed by atoms with E-state index in [2.05, 4.69) is 72.2 Å². The number of aromatic nitrogens is 1. The smallest absolute Gasteiger partial charge is 0.0582 e. The molecule has 0 saturated heterocycles. The number of para-hydroxylation sites is 3. The lowest BCUT2D eigenvalue weighted by Crippen LogP contribution is -2.57. The minimum Gasteiger partial charge on any atom is -0.308 e. The molecule has 5 aliphatic rings. The minimum absolute atomic E-state index is 0.220. The molecule has 4 fully saturated rings. The third-order valence-corrected chi connectivity index (χ3v) is 9.74. The molecule has 0 amide bonds. The number of fused-ring (bicyclic) bond motifs is 5. The molecule has 0 N–H and O–H groups in total. The van der Waals surface area contributed by atoms with E-state index in [0.717, 1.165) is 30.1 Å². The second-order valence-corrected chi connectivity index (χ2v) is 10.9. The van der Waals surface area contributed by atoms with Crippen LogP contribution >= 0.6 is 0 Å². The van der Waals surface area contributed by atoms with Gasteiger partial charge in [-0.3, -0.25) is 0 Å². The highest BCUT2D eigenvalue weighted by Crippen LogP contribution is 2.68. The normalized spacial score (nSPS) is 32.3. The highest BCUT2D eigenvalue weighted by atomic mass is 15.0. The van der Waals surface area contributed by atoms with Gasteiger partial charge in [0.2, 0.25) is 0 Å². The van der Waals surface area contributed by atoms with Crippen LogP contribution in [0.1, 0.15) is 55.7 Å². The first-order chi connectivity index (χ1) is 15.3. The second-order valence-electron chi connectivity index (χ2n) is 10.9. The van der Waals surface area contributed by atoms with Gasteiger partial charge in [-0.1, -0.05) is 61.5 Å². The molecule has 0 radical (unpaired) electrons. The van der Waals surface area contributed by atoms with Gasteiger partial charge in [0.15, 0.2) is 0 Å². The zero-order valence-electron chi connectivity index (χ0n) is 18.3. The number of rotatable bonds is 1. The van der Waals surface area contributed by atoms with E-state index in [1.54, 1.807) is 11.1 Å². The largest absolute Gasteiger partial charge is 0.308 e. The Morgan fingerprint density at radius 3 is 2.19 bits per heavy atom. The summed E-state index contributed by atoms with van der Waals surface area (Å²) >= 11 is 0. The Hall–Kier alpha value is -2.54. The van der Waals surface area contributed by atoms with Crippen molar-refractivity contribution in [2.75, 3.05) is 0 Å². The van der Waals surface area contributed by atoms with Crippen LogP contribution in [0, 0.1) is 23.7 Å². The number of nitrogens with zero attached hydrogens (tertiary/aromatic N) is 1. The number of hydrogen-bond donors (Lipinski definition) is 0. The van der Waals surface area contributed by atoms with Crippen molar-refractivity contribution in [3.8, 4) is 5.69 Å². The molecule has 1 heteroatoms. The average Bonchev–Trinajstić information content (AvgIpc) is 3.13. The summed E-state index contributed by atoms with van der Waals surface area (Å²) in [7, 11) is 0. The highest BCUT2D eigenvalue weighted by molar-refractivity contribution is 6.11. The van der Waals surface area contributed by atoms with Crippen molar-refractivity contribution in [2.24, 2.45) is 23.7 Å². The zero-order chi connectivity index (χ0) is 20.3. The maximum Gasteiger partial charge on any atom is 0.0582 e. The molecule has 0 atom stereocenters. The lowest BCUT2D eigenvalue weighted by molar-refractivity contribution is -0.0418. The van der Waals surface area contributed by atoms with Gasteiger partial charge in [-0.2, -0.15) is 0 Å². The minimum atomic E-state index is 0.220. The maximum atomic E-state index is 2.66. The van der Waals surface area contributed by atoms with Gasteiger partial charge in [-0.05, 0) is 85.0 Å². The molecule has 154 valence electrons. The third-order valence-electron chi connectivity index (χ3n) is 9.74. The van der Waals surface area contributed by atoms with Crippen LogP contribution in [-0.4, -0.2) is 4.57 Å². The Morgan fingerprint density at radius 2 is 1.42 bits per heavy atom. The first-order valence-corrected chi connectivity index (χ1v) is 12.5. The number of aryl methyl sites for hydroxylation is 1. The van der Waals surface area contributed by atoms with Crippen LogP contribution in [0.5, 0.6) is 0 Å². The van der Waals surface area contributed by atoms with Crippen LogP contribution < -0.4 is 0 Å². The van der Waals surface area contributed by atoms with Crippen molar-refractivity contribution in [1.29, 1.82) is 0 Å². The van der Waals surface area contributed by atoms with Crippen molar-refractivity contribution in [2.45, 2.75) is 50.9 Å². The summed E-state index contributed by atoms with van der Waals surface area (Å²) < 4.78 is 2.66. The van der Waals surface area contributed by atoms with E-state index in [0.29, 0.717) is 0 Å². The molecule has 3 aromatic carbocycles. The van der Waals surface area contributed by atoms with Gasteiger partial charge in [0.05, 0.1) is 16.7 Å². The van der Waals surface area contributed by atoms with E-state index in [1.165, 1.54) is 65.2 Å². The van der Waals surface area contributed by atoms with E-state index in [9.17, 15) is 0 Å². The Bertz CT molecular complexity index is 1360. The van der Waals surface area contributed by atoms with Gasteiger partial charge in [0.1, 0.15) is 0 Å². The quantitative estimate of drug-likeness (QED) is 0.312. The molecule has 9 rings (SSSR count). The highest BCUT2D eigenvalue weighted by Gasteiger charge is 2.61. The summed E-state index contributed by atoms with van der Waals surface area (Å²) in [5.74, 6) is 3.59. The standard InChI is InChI=1S/C30H29N/c1-2-20-7-5-10-25-28(20)31-27-12-4-3-8-23(27)24-9-6-11-26(29(24)31)30(25)21-14-18-13-19(16-21)17-22(30)15-18/h3-12,18-19,21-22H,2,13-17H2,1H3. The van der Waals surface area contributed by atoms with Gasteiger partial charge in [0, 0.05) is 16.2 Å². The fraction of sp³-hybridized carbons (Fsp3) is 0.400. The molecule has 4 aliphatic carbocycles. The maximum absolute atomic E-state index is 2.66. The lowest BCUT2D eigenvalue weighted by atomic mass is 9.41. The van der Waals surface area contributed by atoms with Gasteiger partial charge >= 0.3 is 0 Å². The van der Waals surface area contributed by atoms with E-state index in [1.807, 2.05) is 0 Å². The third kappa shape index (κ3) is 1.84. The molecule has 1 aliphatic heterocycles. The average molecular weight is 404 g/mol. The van der Waals surface area contributed by atoms with Gasteiger partial charge in [0.25, 0.3) is 0 Å². The predicted molar refractivity (Wildman–Crippen MR) is 128 cm³/mol. The Labute approximate surface area is 184 Å². The van der Waals surface area contributed by atoms with E-state index < -0.39 is 0 Å². The molecule has 4 saturated carbocycles. The molecule has 1 nitrogen and oxygen atoms in total. The summed E-state index contributed by atoms with van der Waals surface area (Å²) in [4.78, 5) is 0. The zero-order valence-corrected chi connectivity index (χ0v) is 18.3. The van der Waals surface area contributed by atoms with E-state index in [4.69, 9.17) is 0 Å². The summed E-state index contributed by atoms with van der Waals surface area (Å²) in [6.07, 6.45) is 8.38. The lowest BCUT2D eigenvalue weighted by Gasteiger charge is -2.63. The predicted octanol–water partition coefficient (Wildman–Crippen LogP) is 7.40. The number of benzene rings is 3. The molecule has 2 heterocycles.